The third-order valence-corrected chi connectivity index (χ3v) is 4.27. The number of hydrogen-bond acceptors (Lipinski definition) is 4. The van der Waals surface area contributed by atoms with Crippen molar-refractivity contribution in [2.24, 2.45) is 0 Å². The van der Waals surface area contributed by atoms with Crippen LogP contribution in [0.3, 0.4) is 0 Å². The first-order chi connectivity index (χ1) is 10.2. The smallest absolute Gasteiger partial charge is 0.142 e. The fourth-order valence-corrected chi connectivity index (χ4v) is 3.10. The molecular formula is C17H13N3S. The second-order valence-electron chi connectivity index (χ2n) is 4.70. The minimum Gasteiger partial charge on any atom is -0.383 e. The van der Waals surface area contributed by atoms with Crippen LogP contribution in [0.4, 0.5) is 5.82 Å². The summed E-state index contributed by atoms with van der Waals surface area (Å²) in [6.07, 6.45) is 0. The topological polar surface area (TPSA) is 62.7 Å². The van der Waals surface area contributed by atoms with Crippen LogP contribution in [0.5, 0.6) is 0 Å². The van der Waals surface area contributed by atoms with Crippen molar-refractivity contribution in [1.29, 1.82) is 5.26 Å². The first-order valence-corrected chi connectivity index (χ1v) is 7.33. The molecule has 0 saturated carbocycles. The molecule has 0 fully saturated rings. The number of nitriles is 1. The van der Waals surface area contributed by atoms with Crippen molar-refractivity contribution < 1.29 is 0 Å². The Morgan fingerprint density at radius 1 is 1.14 bits per heavy atom. The van der Waals surface area contributed by atoms with Crippen LogP contribution in [-0.2, 0) is 0 Å². The second-order valence-corrected chi connectivity index (χ2v) is 5.99. The van der Waals surface area contributed by atoms with E-state index in [2.05, 4.69) is 11.1 Å². The summed E-state index contributed by atoms with van der Waals surface area (Å²) in [4.78, 5) is 6.60. The highest BCUT2D eigenvalue weighted by molar-refractivity contribution is 7.15. The molecular weight excluding hydrogens is 278 g/mol. The Morgan fingerprint density at radius 3 is 2.52 bits per heavy atom. The fraction of sp³-hybridized carbons (Fsp3) is 0.0588. The molecule has 4 heteroatoms. The number of aromatic nitrogens is 1. The summed E-state index contributed by atoms with van der Waals surface area (Å²) in [5.41, 5.74) is 9.05. The van der Waals surface area contributed by atoms with E-state index in [0.29, 0.717) is 5.56 Å². The quantitative estimate of drug-likeness (QED) is 0.768. The highest BCUT2D eigenvalue weighted by Gasteiger charge is 2.14. The molecule has 0 atom stereocenters. The first-order valence-electron chi connectivity index (χ1n) is 6.52. The molecule has 0 spiro atoms. The molecule has 0 aliphatic carbocycles. The monoisotopic (exact) mass is 291 g/mol. The SMILES string of the molecule is Cc1ccc(-c2cc(-c3ccccc3)nc(N)c2C#N)s1. The molecule has 0 amide bonds. The summed E-state index contributed by atoms with van der Waals surface area (Å²) >= 11 is 1.65. The molecule has 3 aromatic rings. The fourth-order valence-electron chi connectivity index (χ4n) is 2.21. The minimum atomic E-state index is 0.278. The third-order valence-electron chi connectivity index (χ3n) is 3.23. The van der Waals surface area contributed by atoms with Gasteiger partial charge in [0.1, 0.15) is 17.5 Å². The van der Waals surface area contributed by atoms with E-state index in [-0.39, 0.29) is 5.82 Å². The molecule has 2 heterocycles. The number of nitrogens with zero attached hydrogens (tertiary/aromatic N) is 2. The third kappa shape index (κ3) is 2.51. The molecule has 0 bridgehead atoms. The zero-order valence-corrected chi connectivity index (χ0v) is 12.3. The van der Waals surface area contributed by atoms with Gasteiger partial charge in [-0.15, -0.1) is 11.3 Å². The van der Waals surface area contributed by atoms with E-state index in [1.165, 1.54) is 4.88 Å². The van der Waals surface area contributed by atoms with Crippen molar-refractivity contribution in [3.63, 3.8) is 0 Å². The summed E-state index contributed by atoms with van der Waals surface area (Å²) in [6.45, 7) is 2.04. The molecule has 102 valence electrons. The van der Waals surface area contributed by atoms with E-state index in [4.69, 9.17) is 5.73 Å². The second kappa shape index (κ2) is 5.39. The van der Waals surface area contributed by atoms with Gasteiger partial charge in [-0.2, -0.15) is 5.26 Å². The van der Waals surface area contributed by atoms with Crippen LogP contribution in [0.2, 0.25) is 0 Å². The molecule has 2 N–H and O–H groups in total. The molecule has 0 aliphatic heterocycles. The minimum absolute atomic E-state index is 0.278. The van der Waals surface area contributed by atoms with Gasteiger partial charge in [-0.1, -0.05) is 30.3 Å². The predicted molar refractivity (Wildman–Crippen MR) is 86.9 cm³/mol. The Hall–Kier alpha value is -2.64. The lowest BCUT2D eigenvalue weighted by molar-refractivity contribution is 1.31. The van der Waals surface area contributed by atoms with Gasteiger partial charge < -0.3 is 5.73 Å². The van der Waals surface area contributed by atoms with Crippen LogP contribution >= 0.6 is 11.3 Å². The maximum atomic E-state index is 9.36. The van der Waals surface area contributed by atoms with Crippen LogP contribution in [0.1, 0.15) is 10.4 Å². The first kappa shape index (κ1) is 13.3. The van der Waals surface area contributed by atoms with Gasteiger partial charge in [0, 0.05) is 20.9 Å². The lowest BCUT2D eigenvalue weighted by Gasteiger charge is -2.08. The maximum Gasteiger partial charge on any atom is 0.142 e. The Bertz CT molecular complexity index is 829. The Kier molecular flexibility index (Phi) is 3.43. The average Bonchev–Trinajstić information content (AvgIpc) is 2.94. The molecule has 0 aliphatic rings. The summed E-state index contributed by atoms with van der Waals surface area (Å²) in [7, 11) is 0. The van der Waals surface area contributed by atoms with Gasteiger partial charge in [-0.25, -0.2) is 4.98 Å². The van der Waals surface area contributed by atoms with E-state index in [9.17, 15) is 5.26 Å². The lowest BCUT2D eigenvalue weighted by Crippen LogP contribution is -1.99. The number of aryl methyl sites for hydroxylation is 1. The summed E-state index contributed by atoms with van der Waals surface area (Å²) < 4.78 is 0. The van der Waals surface area contributed by atoms with E-state index in [1.54, 1.807) is 11.3 Å². The number of pyridine rings is 1. The molecule has 21 heavy (non-hydrogen) atoms. The molecule has 3 rings (SSSR count). The number of benzene rings is 1. The van der Waals surface area contributed by atoms with Gasteiger partial charge in [0.25, 0.3) is 0 Å². The number of rotatable bonds is 2. The number of anilines is 1. The number of thiophene rings is 1. The zero-order chi connectivity index (χ0) is 14.8. The highest BCUT2D eigenvalue weighted by atomic mass is 32.1. The van der Waals surface area contributed by atoms with Gasteiger partial charge in [0.05, 0.1) is 5.69 Å². The standard InChI is InChI=1S/C17H13N3S/c1-11-7-8-16(21-11)13-9-15(12-5-3-2-4-6-12)20-17(19)14(13)10-18/h2-9H,1H3,(H2,19,20). The van der Waals surface area contributed by atoms with Crippen LogP contribution in [0, 0.1) is 18.3 Å². The van der Waals surface area contributed by atoms with Gasteiger partial charge in [-0.3, -0.25) is 0 Å². The number of hydrogen-bond donors (Lipinski definition) is 1. The van der Waals surface area contributed by atoms with Gasteiger partial charge in [-0.05, 0) is 25.1 Å². The zero-order valence-electron chi connectivity index (χ0n) is 11.5. The molecule has 0 unspecified atom stereocenters. The lowest BCUT2D eigenvalue weighted by atomic mass is 10.0. The average molecular weight is 291 g/mol. The number of nitrogen functional groups attached to an aromatic ring is 1. The Balaban J connectivity index is 2.23. The predicted octanol–water partition coefficient (Wildman–Crippen LogP) is 4.24. The highest BCUT2D eigenvalue weighted by Crippen LogP contribution is 2.34. The van der Waals surface area contributed by atoms with Crippen molar-refractivity contribution in [2.75, 3.05) is 5.73 Å². The normalized spacial score (nSPS) is 10.3. The van der Waals surface area contributed by atoms with Crippen molar-refractivity contribution in [1.82, 2.24) is 4.98 Å². The Morgan fingerprint density at radius 2 is 1.90 bits per heavy atom. The summed E-state index contributed by atoms with van der Waals surface area (Å²) in [5, 5.41) is 9.36. The molecule has 0 saturated heterocycles. The van der Waals surface area contributed by atoms with E-state index in [0.717, 1.165) is 21.7 Å². The molecule has 2 aromatic heterocycles. The van der Waals surface area contributed by atoms with Crippen LogP contribution < -0.4 is 5.73 Å². The summed E-state index contributed by atoms with van der Waals surface area (Å²) in [6, 6.07) is 18.0. The van der Waals surface area contributed by atoms with Crippen molar-refractivity contribution in [2.45, 2.75) is 6.92 Å². The van der Waals surface area contributed by atoms with Gasteiger partial charge in [0.2, 0.25) is 0 Å². The summed E-state index contributed by atoms with van der Waals surface area (Å²) in [5.74, 6) is 0.278. The van der Waals surface area contributed by atoms with Crippen molar-refractivity contribution in [3.8, 4) is 27.8 Å². The van der Waals surface area contributed by atoms with Crippen molar-refractivity contribution in [3.05, 3.63) is 59.0 Å². The van der Waals surface area contributed by atoms with Gasteiger partial charge >= 0.3 is 0 Å². The van der Waals surface area contributed by atoms with E-state index >= 15 is 0 Å². The van der Waals surface area contributed by atoms with Gasteiger partial charge in [0.15, 0.2) is 0 Å². The number of nitrogens with two attached hydrogens (primary N) is 1. The van der Waals surface area contributed by atoms with Crippen molar-refractivity contribution >= 4 is 17.2 Å². The van der Waals surface area contributed by atoms with Crippen LogP contribution in [0.25, 0.3) is 21.7 Å². The largest absolute Gasteiger partial charge is 0.383 e. The van der Waals surface area contributed by atoms with Crippen LogP contribution in [-0.4, -0.2) is 4.98 Å². The van der Waals surface area contributed by atoms with E-state index < -0.39 is 0 Å². The molecule has 0 radical (unpaired) electrons. The Labute approximate surface area is 127 Å². The van der Waals surface area contributed by atoms with E-state index in [1.807, 2.05) is 55.5 Å². The van der Waals surface area contributed by atoms with Crippen LogP contribution in [0.15, 0.2) is 48.5 Å². The molecule has 3 nitrogen and oxygen atoms in total. The molecule has 1 aromatic carbocycles. The maximum absolute atomic E-state index is 9.36.